The number of rotatable bonds is 3. The van der Waals surface area contributed by atoms with Crippen LogP contribution in [0.2, 0.25) is 0 Å². The van der Waals surface area contributed by atoms with Crippen LogP contribution in [0.1, 0.15) is 40.5 Å². The highest BCUT2D eigenvalue weighted by molar-refractivity contribution is 5.72. The molecule has 2 rings (SSSR count). The molecular weight excluding hydrogens is 240 g/mol. The van der Waals surface area contributed by atoms with Gasteiger partial charge in [-0.3, -0.25) is 14.6 Å². The molecule has 2 fully saturated rings. The summed E-state index contributed by atoms with van der Waals surface area (Å²) in [6, 6.07) is 0.344. The highest BCUT2D eigenvalue weighted by atomic mass is 16.4. The van der Waals surface area contributed by atoms with Crippen LogP contribution in [0.3, 0.4) is 0 Å². The monoisotopic (exact) mass is 268 g/mol. The van der Waals surface area contributed by atoms with Crippen LogP contribution >= 0.6 is 0 Å². The predicted molar refractivity (Wildman–Crippen MR) is 76.2 cm³/mol. The van der Waals surface area contributed by atoms with E-state index in [0.717, 1.165) is 32.1 Å². The number of carboxylic acid groups (broad SMARTS) is 1. The third kappa shape index (κ3) is 3.29. The molecule has 1 saturated carbocycles. The van der Waals surface area contributed by atoms with Gasteiger partial charge in [-0.2, -0.15) is 0 Å². The Hall–Kier alpha value is -0.610. The van der Waals surface area contributed by atoms with Crippen LogP contribution in [0.25, 0.3) is 0 Å². The number of carboxylic acids is 1. The van der Waals surface area contributed by atoms with Crippen LogP contribution in [0, 0.1) is 11.3 Å². The van der Waals surface area contributed by atoms with E-state index in [1.165, 1.54) is 12.8 Å². The summed E-state index contributed by atoms with van der Waals surface area (Å²) in [5.74, 6) is 0.0577. The van der Waals surface area contributed by atoms with Gasteiger partial charge in [-0.05, 0) is 31.1 Å². The first-order valence-electron chi connectivity index (χ1n) is 7.51. The lowest BCUT2D eigenvalue weighted by Crippen LogP contribution is -2.54. The molecule has 0 bridgehead atoms. The van der Waals surface area contributed by atoms with Gasteiger partial charge in [0, 0.05) is 32.2 Å². The summed E-state index contributed by atoms with van der Waals surface area (Å²) in [7, 11) is 0. The van der Waals surface area contributed by atoms with Gasteiger partial charge in [0.15, 0.2) is 0 Å². The van der Waals surface area contributed by atoms with Crippen molar-refractivity contribution < 1.29 is 9.90 Å². The Bertz CT molecular complexity index is 335. The van der Waals surface area contributed by atoms with Crippen LogP contribution in [0.15, 0.2) is 0 Å². The van der Waals surface area contributed by atoms with Gasteiger partial charge in [-0.15, -0.1) is 0 Å². The number of hydrogen-bond donors (Lipinski definition) is 1. The average molecular weight is 268 g/mol. The zero-order valence-electron chi connectivity index (χ0n) is 12.7. The second kappa shape index (κ2) is 5.41. The minimum Gasteiger partial charge on any atom is -0.480 e. The van der Waals surface area contributed by atoms with E-state index in [4.69, 9.17) is 5.11 Å². The molecule has 0 aromatic carbocycles. The summed E-state index contributed by atoms with van der Waals surface area (Å²) in [4.78, 5) is 15.7. The predicted octanol–water partition coefficient (Wildman–Crippen LogP) is 1.90. The fraction of sp³-hybridized carbons (Fsp3) is 0.933. The maximum Gasteiger partial charge on any atom is 0.320 e. The number of carbonyl (C=O) groups is 1. The molecule has 0 aromatic heterocycles. The molecule has 19 heavy (non-hydrogen) atoms. The van der Waals surface area contributed by atoms with E-state index < -0.39 is 5.97 Å². The molecule has 3 atom stereocenters. The Labute approximate surface area is 116 Å². The third-order valence-electron chi connectivity index (χ3n) is 5.02. The molecule has 1 heterocycles. The molecule has 1 aliphatic heterocycles. The summed E-state index contributed by atoms with van der Waals surface area (Å²) >= 11 is 0. The molecule has 0 amide bonds. The zero-order valence-corrected chi connectivity index (χ0v) is 12.7. The van der Waals surface area contributed by atoms with E-state index in [2.05, 4.69) is 30.6 Å². The first kappa shape index (κ1) is 14.8. The molecule has 0 aromatic rings. The van der Waals surface area contributed by atoms with Crippen LogP contribution in [0.5, 0.6) is 0 Å². The number of nitrogens with zero attached hydrogens (tertiary/aromatic N) is 2. The van der Waals surface area contributed by atoms with Gasteiger partial charge in [0.1, 0.15) is 6.04 Å². The average Bonchev–Trinajstić information content (AvgIpc) is 2.62. The first-order valence-corrected chi connectivity index (χ1v) is 7.51. The number of aliphatic carboxylic acids is 1. The largest absolute Gasteiger partial charge is 0.480 e. The third-order valence-corrected chi connectivity index (χ3v) is 5.02. The van der Waals surface area contributed by atoms with E-state index >= 15 is 0 Å². The summed E-state index contributed by atoms with van der Waals surface area (Å²) in [6.45, 7) is 12.7. The topological polar surface area (TPSA) is 43.8 Å². The molecule has 4 heteroatoms. The van der Waals surface area contributed by atoms with Gasteiger partial charge in [0.2, 0.25) is 0 Å². The zero-order chi connectivity index (χ0) is 14.2. The van der Waals surface area contributed by atoms with Crippen molar-refractivity contribution in [3.8, 4) is 0 Å². The SMILES string of the molecule is CC1CC(C)(C)CC1N1CCN(C(C)C(=O)O)CC1. The second-order valence-electron chi connectivity index (χ2n) is 7.20. The quantitative estimate of drug-likeness (QED) is 0.849. The molecule has 2 aliphatic rings. The van der Waals surface area contributed by atoms with Crippen molar-refractivity contribution in [2.45, 2.75) is 52.6 Å². The molecule has 1 saturated heterocycles. The van der Waals surface area contributed by atoms with Crippen LogP contribution in [0.4, 0.5) is 0 Å². The summed E-state index contributed by atoms with van der Waals surface area (Å²) in [5.41, 5.74) is 0.468. The van der Waals surface area contributed by atoms with Gasteiger partial charge >= 0.3 is 5.97 Å². The standard InChI is InChI=1S/C15H28N2O2/c1-11-9-15(3,4)10-13(11)17-7-5-16(6-8-17)12(2)14(18)19/h11-13H,5-10H2,1-4H3,(H,18,19). The maximum absolute atomic E-state index is 11.0. The fourth-order valence-corrected chi connectivity index (χ4v) is 3.96. The van der Waals surface area contributed by atoms with Gasteiger partial charge in [-0.25, -0.2) is 0 Å². The van der Waals surface area contributed by atoms with E-state index in [9.17, 15) is 4.79 Å². The van der Waals surface area contributed by atoms with Gasteiger partial charge in [0.25, 0.3) is 0 Å². The van der Waals surface area contributed by atoms with Crippen LogP contribution in [-0.2, 0) is 4.79 Å². The van der Waals surface area contributed by atoms with Crippen molar-refractivity contribution in [1.29, 1.82) is 0 Å². The molecule has 1 N–H and O–H groups in total. The van der Waals surface area contributed by atoms with E-state index in [1.807, 2.05) is 0 Å². The lowest BCUT2D eigenvalue weighted by Gasteiger charge is -2.41. The Kier molecular flexibility index (Phi) is 4.21. The molecule has 0 radical (unpaired) electrons. The number of hydrogen-bond acceptors (Lipinski definition) is 3. The van der Waals surface area contributed by atoms with Crippen molar-refractivity contribution in [3.05, 3.63) is 0 Å². The van der Waals surface area contributed by atoms with Crippen molar-refractivity contribution in [2.24, 2.45) is 11.3 Å². The summed E-state index contributed by atoms with van der Waals surface area (Å²) in [6.07, 6.45) is 2.59. The van der Waals surface area contributed by atoms with E-state index in [0.29, 0.717) is 11.5 Å². The normalized spacial score (nSPS) is 34.3. The van der Waals surface area contributed by atoms with Crippen molar-refractivity contribution in [2.75, 3.05) is 26.2 Å². The summed E-state index contributed by atoms with van der Waals surface area (Å²) < 4.78 is 0. The smallest absolute Gasteiger partial charge is 0.320 e. The second-order valence-corrected chi connectivity index (χ2v) is 7.20. The Morgan fingerprint density at radius 2 is 1.79 bits per heavy atom. The molecule has 4 nitrogen and oxygen atoms in total. The van der Waals surface area contributed by atoms with Crippen LogP contribution in [-0.4, -0.2) is 59.1 Å². The minimum absolute atomic E-state index is 0.348. The maximum atomic E-state index is 11.0. The van der Waals surface area contributed by atoms with Gasteiger partial charge < -0.3 is 5.11 Å². The van der Waals surface area contributed by atoms with Gasteiger partial charge in [-0.1, -0.05) is 20.8 Å². The molecule has 1 aliphatic carbocycles. The van der Waals surface area contributed by atoms with E-state index in [1.54, 1.807) is 6.92 Å². The Balaban J connectivity index is 1.88. The lowest BCUT2D eigenvalue weighted by molar-refractivity contribution is -0.143. The highest BCUT2D eigenvalue weighted by Crippen LogP contribution is 2.43. The molecular formula is C15H28N2O2. The first-order chi connectivity index (χ1) is 8.80. The van der Waals surface area contributed by atoms with Crippen molar-refractivity contribution in [1.82, 2.24) is 9.80 Å². The Morgan fingerprint density at radius 1 is 1.21 bits per heavy atom. The molecule has 3 unspecified atom stereocenters. The summed E-state index contributed by atoms with van der Waals surface area (Å²) in [5, 5.41) is 9.07. The number of piperazine rings is 1. The van der Waals surface area contributed by atoms with Crippen molar-refractivity contribution in [3.63, 3.8) is 0 Å². The molecule has 110 valence electrons. The fourth-order valence-electron chi connectivity index (χ4n) is 3.96. The van der Waals surface area contributed by atoms with Crippen molar-refractivity contribution >= 4 is 5.97 Å². The molecule has 0 spiro atoms. The highest BCUT2D eigenvalue weighted by Gasteiger charge is 2.40. The lowest BCUT2D eigenvalue weighted by atomic mass is 9.91. The Morgan fingerprint density at radius 3 is 2.21 bits per heavy atom. The van der Waals surface area contributed by atoms with Crippen LogP contribution < -0.4 is 0 Å². The minimum atomic E-state index is -0.705. The van der Waals surface area contributed by atoms with Gasteiger partial charge in [0.05, 0.1) is 0 Å². The van der Waals surface area contributed by atoms with E-state index in [-0.39, 0.29) is 6.04 Å².